The maximum atomic E-state index is 14.0. The second-order valence-electron chi connectivity index (χ2n) is 17.1. The van der Waals surface area contributed by atoms with Crippen LogP contribution in [0.2, 0.25) is 0 Å². The van der Waals surface area contributed by atoms with Gasteiger partial charge in [0.2, 0.25) is 29.5 Å². The number of aliphatic imine (C=N–C) groups is 2. The largest absolute Gasteiger partial charge is 0.481 e. The van der Waals surface area contributed by atoms with Crippen molar-refractivity contribution in [3.8, 4) is 0 Å². The number of nitrogens with one attached hydrogen (secondary N) is 5. The minimum atomic E-state index is -1.38. The molecule has 0 unspecified atom stereocenters. The Hall–Kier alpha value is -4.68. The third-order valence-corrected chi connectivity index (χ3v) is 11.4. The standard InChI is InChI=1S/C45H88N12O7/c1-5-7-8-9-10-11-12-13-14-15-16-17-18-26-38(58)54-34(24-21-30-51-44(47)48)41(62)55-35(23-19-20-29-46)42(63)57-37(27-28-39(59)60)43(64)56-36(25-22-31-52-45(49)50)40(61)53-33(4)32(3)6-2/h32-37H,5-31,46H2,1-4H3,(H,53,61)(H,54,58)(H,55,62)(H,56,64)(H,57,63)(H,59,60)(H4,47,48,51)(H4,49,50,52)/t32-,33+,34-,35-,36-,37-/m0/s1. The van der Waals surface area contributed by atoms with Gasteiger partial charge in [0, 0.05) is 32.0 Å². The van der Waals surface area contributed by atoms with Crippen LogP contribution in [0.4, 0.5) is 0 Å². The molecule has 64 heavy (non-hydrogen) atoms. The summed E-state index contributed by atoms with van der Waals surface area (Å²) in [6, 6.07) is -4.84. The molecule has 0 radical (unpaired) electrons. The van der Waals surface area contributed by atoms with Crippen molar-refractivity contribution in [3.05, 3.63) is 0 Å². The lowest BCUT2D eigenvalue weighted by Gasteiger charge is -2.27. The molecule has 19 heteroatoms. The number of rotatable bonds is 40. The maximum Gasteiger partial charge on any atom is 0.303 e. The van der Waals surface area contributed by atoms with Gasteiger partial charge >= 0.3 is 5.97 Å². The summed E-state index contributed by atoms with van der Waals surface area (Å²) in [6.45, 7) is 8.81. The molecule has 0 aliphatic rings. The quantitative estimate of drug-likeness (QED) is 0.0240. The van der Waals surface area contributed by atoms with Crippen LogP contribution in [0.1, 0.15) is 182 Å². The first kappa shape index (κ1) is 59.3. The van der Waals surface area contributed by atoms with E-state index in [0.29, 0.717) is 38.6 Å². The molecular formula is C45H88N12O7. The van der Waals surface area contributed by atoms with Gasteiger partial charge in [0.25, 0.3) is 0 Å². The molecule has 6 atom stereocenters. The van der Waals surface area contributed by atoms with E-state index in [1.807, 2.05) is 20.8 Å². The number of hydrogen-bond donors (Lipinski definition) is 11. The monoisotopic (exact) mass is 909 g/mol. The maximum absolute atomic E-state index is 14.0. The number of nitrogens with two attached hydrogens (primary N) is 5. The van der Waals surface area contributed by atoms with Crippen molar-refractivity contribution in [2.75, 3.05) is 19.6 Å². The molecule has 0 aliphatic heterocycles. The molecule has 0 aromatic rings. The van der Waals surface area contributed by atoms with E-state index in [-0.39, 0.29) is 75.0 Å². The molecule has 5 amide bonds. The molecule has 16 N–H and O–H groups in total. The van der Waals surface area contributed by atoms with Crippen LogP contribution >= 0.6 is 0 Å². The van der Waals surface area contributed by atoms with Crippen LogP contribution in [-0.4, -0.2) is 102 Å². The van der Waals surface area contributed by atoms with E-state index in [1.165, 1.54) is 57.8 Å². The van der Waals surface area contributed by atoms with E-state index in [9.17, 15) is 33.9 Å². The Morgan fingerprint density at radius 2 is 0.875 bits per heavy atom. The van der Waals surface area contributed by atoms with Gasteiger partial charge < -0.3 is 60.4 Å². The zero-order valence-corrected chi connectivity index (χ0v) is 39.7. The molecule has 0 bridgehead atoms. The first-order valence-electron chi connectivity index (χ1n) is 24.1. The van der Waals surface area contributed by atoms with E-state index in [2.05, 4.69) is 43.5 Å². The van der Waals surface area contributed by atoms with E-state index >= 15 is 0 Å². The van der Waals surface area contributed by atoms with Crippen LogP contribution in [0.15, 0.2) is 9.98 Å². The minimum Gasteiger partial charge on any atom is -0.481 e. The van der Waals surface area contributed by atoms with Gasteiger partial charge in [0.1, 0.15) is 24.2 Å². The van der Waals surface area contributed by atoms with Gasteiger partial charge in [-0.05, 0) is 77.2 Å². The average Bonchev–Trinajstić information content (AvgIpc) is 3.24. The number of guanidine groups is 2. The second-order valence-corrected chi connectivity index (χ2v) is 17.1. The van der Waals surface area contributed by atoms with Crippen LogP contribution in [0.5, 0.6) is 0 Å². The van der Waals surface area contributed by atoms with Crippen molar-refractivity contribution < 1.29 is 33.9 Å². The lowest BCUT2D eigenvalue weighted by atomic mass is 10.00. The summed E-state index contributed by atoms with van der Waals surface area (Å²) >= 11 is 0. The molecule has 0 heterocycles. The fourth-order valence-corrected chi connectivity index (χ4v) is 7.05. The highest BCUT2D eigenvalue weighted by atomic mass is 16.4. The molecular weight excluding hydrogens is 821 g/mol. The van der Waals surface area contributed by atoms with Gasteiger partial charge in [-0.15, -0.1) is 0 Å². The number of aliphatic carboxylic acids is 1. The van der Waals surface area contributed by atoms with Crippen molar-refractivity contribution in [3.63, 3.8) is 0 Å². The van der Waals surface area contributed by atoms with Crippen LogP contribution in [0.25, 0.3) is 0 Å². The zero-order chi connectivity index (χ0) is 48.1. The Kier molecular flexibility index (Phi) is 34.9. The predicted octanol–water partition coefficient (Wildman–Crippen LogP) is 3.06. The molecule has 0 saturated heterocycles. The summed E-state index contributed by atoms with van der Waals surface area (Å²) in [4.78, 5) is 87.9. The summed E-state index contributed by atoms with van der Waals surface area (Å²) in [6.07, 6.45) is 17.6. The van der Waals surface area contributed by atoms with Crippen molar-refractivity contribution in [2.45, 2.75) is 212 Å². The highest BCUT2D eigenvalue weighted by Gasteiger charge is 2.32. The number of carbonyl (C=O) groups excluding carboxylic acids is 5. The summed E-state index contributed by atoms with van der Waals surface area (Å²) < 4.78 is 0. The zero-order valence-electron chi connectivity index (χ0n) is 39.7. The summed E-state index contributed by atoms with van der Waals surface area (Å²) in [5, 5.41) is 23.4. The van der Waals surface area contributed by atoms with Gasteiger partial charge in [-0.2, -0.15) is 0 Å². The third kappa shape index (κ3) is 31.2. The van der Waals surface area contributed by atoms with Crippen molar-refractivity contribution >= 4 is 47.4 Å². The fraction of sp³-hybridized carbons (Fsp3) is 0.822. The highest BCUT2D eigenvalue weighted by molar-refractivity contribution is 5.95. The molecule has 0 saturated carbocycles. The first-order valence-corrected chi connectivity index (χ1v) is 24.1. The van der Waals surface area contributed by atoms with Crippen molar-refractivity contribution in [1.82, 2.24) is 26.6 Å². The molecule has 0 fully saturated rings. The Morgan fingerprint density at radius 1 is 0.484 bits per heavy atom. The van der Waals surface area contributed by atoms with Gasteiger partial charge in [-0.1, -0.05) is 104 Å². The molecule has 0 spiro atoms. The fourth-order valence-electron chi connectivity index (χ4n) is 7.05. The minimum absolute atomic E-state index is 0.107. The van der Waals surface area contributed by atoms with Crippen LogP contribution < -0.4 is 55.3 Å². The van der Waals surface area contributed by atoms with Gasteiger partial charge in [0.05, 0.1) is 0 Å². The number of amides is 5. The summed E-state index contributed by atoms with van der Waals surface area (Å²) in [5.41, 5.74) is 27.6. The lowest BCUT2D eigenvalue weighted by molar-refractivity contribution is -0.138. The average molecular weight is 909 g/mol. The Morgan fingerprint density at radius 3 is 1.28 bits per heavy atom. The predicted molar refractivity (Wildman–Crippen MR) is 255 cm³/mol. The van der Waals surface area contributed by atoms with E-state index < -0.39 is 60.2 Å². The molecule has 0 aromatic carbocycles. The molecule has 0 aromatic heterocycles. The molecule has 370 valence electrons. The van der Waals surface area contributed by atoms with Gasteiger partial charge in [-0.25, -0.2) is 0 Å². The second kappa shape index (κ2) is 37.7. The van der Waals surface area contributed by atoms with Gasteiger partial charge in [-0.3, -0.25) is 38.8 Å². The number of hydrogen-bond acceptors (Lipinski definition) is 9. The van der Waals surface area contributed by atoms with Crippen LogP contribution in [-0.2, 0) is 28.8 Å². The van der Waals surface area contributed by atoms with Crippen molar-refractivity contribution in [2.24, 2.45) is 44.6 Å². The van der Waals surface area contributed by atoms with E-state index in [0.717, 1.165) is 25.7 Å². The SMILES string of the molecule is CCCCCCCCCCCCCCCC(=O)N[C@@H](CCCN=C(N)N)C(=O)N[C@@H](CCCCN)C(=O)N[C@@H](CCC(=O)O)C(=O)N[C@@H](CCCN=C(N)N)C(=O)N[C@H](C)[C@@H](C)CC. The molecule has 0 rings (SSSR count). The van der Waals surface area contributed by atoms with Crippen molar-refractivity contribution in [1.29, 1.82) is 0 Å². The molecule has 19 nitrogen and oxygen atoms in total. The van der Waals surface area contributed by atoms with Gasteiger partial charge in [0.15, 0.2) is 11.9 Å². The van der Waals surface area contributed by atoms with E-state index in [1.54, 1.807) is 0 Å². The Bertz CT molecular complexity index is 1390. The smallest absolute Gasteiger partial charge is 0.303 e. The number of carboxylic acid groups (broad SMARTS) is 1. The lowest BCUT2D eigenvalue weighted by Crippen LogP contribution is -2.58. The van der Waals surface area contributed by atoms with Crippen LogP contribution in [0, 0.1) is 5.92 Å². The normalized spacial score (nSPS) is 13.8. The third-order valence-electron chi connectivity index (χ3n) is 11.4. The summed E-state index contributed by atoms with van der Waals surface area (Å²) in [5.74, 6) is -4.17. The number of carbonyl (C=O) groups is 6. The number of carboxylic acids is 1. The first-order chi connectivity index (χ1) is 30.6. The molecule has 0 aliphatic carbocycles. The summed E-state index contributed by atoms with van der Waals surface area (Å²) in [7, 11) is 0. The van der Waals surface area contributed by atoms with Crippen LogP contribution in [0.3, 0.4) is 0 Å². The number of nitrogens with zero attached hydrogens (tertiary/aromatic N) is 2. The highest BCUT2D eigenvalue weighted by Crippen LogP contribution is 2.14. The Balaban J connectivity index is 5.92. The topological polar surface area (TPSA) is 338 Å². The Labute approximate surface area is 383 Å². The van der Waals surface area contributed by atoms with E-state index in [4.69, 9.17) is 28.7 Å². The number of unbranched alkanes of at least 4 members (excludes halogenated alkanes) is 13.